The molecule has 0 amide bonds. The second-order valence-electron chi connectivity index (χ2n) is 5.87. The summed E-state index contributed by atoms with van der Waals surface area (Å²) < 4.78 is 9.92. The molecule has 0 aromatic rings. The second kappa shape index (κ2) is 22.4. The zero-order chi connectivity index (χ0) is 18.5. The monoisotopic (exact) mass is 378 g/mol. The molecule has 4 N–H and O–H groups in total. The van der Waals surface area contributed by atoms with E-state index >= 15 is 0 Å². The van der Waals surface area contributed by atoms with E-state index in [9.17, 15) is 0 Å². The van der Waals surface area contributed by atoms with E-state index in [-0.39, 0.29) is 10.3 Å². The number of rotatable bonds is 14. The van der Waals surface area contributed by atoms with Crippen LogP contribution in [0.1, 0.15) is 90.9 Å². The highest BCUT2D eigenvalue weighted by Crippen LogP contribution is 2.05. The van der Waals surface area contributed by atoms with Crippen LogP contribution in [-0.2, 0) is 9.47 Å². The van der Waals surface area contributed by atoms with Crippen molar-refractivity contribution < 1.29 is 9.47 Å². The van der Waals surface area contributed by atoms with Crippen LogP contribution in [0.4, 0.5) is 0 Å². The van der Waals surface area contributed by atoms with E-state index in [1.54, 1.807) is 0 Å². The summed E-state index contributed by atoms with van der Waals surface area (Å²) in [5.41, 5.74) is 10.3. The van der Waals surface area contributed by atoms with Crippen LogP contribution in [0.3, 0.4) is 0 Å². The summed E-state index contributed by atoms with van der Waals surface area (Å²) in [6.07, 6.45) is 15.1. The first-order valence-electron chi connectivity index (χ1n) is 9.39. The van der Waals surface area contributed by atoms with Gasteiger partial charge >= 0.3 is 0 Å². The molecule has 6 heteroatoms. The minimum absolute atomic E-state index is 0.170. The van der Waals surface area contributed by atoms with E-state index in [2.05, 4.69) is 38.3 Å². The van der Waals surface area contributed by atoms with Crippen LogP contribution in [0.5, 0.6) is 0 Å². The molecule has 0 aliphatic rings. The van der Waals surface area contributed by atoms with Crippen LogP contribution in [0, 0.1) is 0 Å². The highest BCUT2D eigenvalue weighted by Gasteiger charge is 1.92. The minimum atomic E-state index is 0.170. The third-order valence-electron chi connectivity index (χ3n) is 3.48. The molecular formula is C18H38N2O2S2. The van der Waals surface area contributed by atoms with Crippen LogP contribution in [0.25, 0.3) is 0 Å². The summed E-state index contributed by atoms with van der Waals surface area (Å²) in [5, 5.41) is 0.340. The molecule has 0 aromatic carbocycles. The van der Waals surface area contributed by atoms with Crippen molar-refractivity contribution in [1.82, 2.24) is 0 Å². The number of thiocarbonyl (C=S) groups is 2. The van der Waals surface area contributed by atoms with Crippen LogP contribution < -0.4 is 11.5 Å². The van der Waals surface area contributed by atoms with Crippen molar-refractivity contribution in [2.75, 3.05) is 13.2 Å². The van der Waals surface area contributed by atoms with E-state index in [0.717, 1.165) is 12.8 Å². The first kappa shape index (κ1) is 25.6. The Morgan fingerprint density at radius 3 is 1.17 bits per heavy atom. The number of hydrogen-bond acceptors (Lipinski definition) is 4. The fraction of sp³-hybridized carbons (Fsp3) is 0.889. The van der Waals surface area contributed by atoms with Gasteiger partial charge in [0.1, 0.15) is 0 Å². The molecular weight excluding hydrogens is 340 g/mol. The lowest BCUT2D eigenvalue weighted by atomic mass is 10.1. The Morgan fingerprint density at radius 1 is 0.583 bits per heavy atom. The van der Waals surface area contributed by atoms with Gasteiger partial charge in [-0.1, -0.05) is 78.1 Å². The maximum atomic E-state index is 5.16. The smallest absolute Gasteiger partial charge is 0.253 e. The highest BCUT2D eigenvalue weighted by molar-refractivity contribution is 7.80. The lowest BCUT2D eigenvalue weighted by Gasteiger charge is -2.02. The Kier molecular flexibility index (Phi) is 23.9. The lowest BCUT2D eigenvalue weighted by Crippen LogP contribution is -2.13. The molecule has 0 saturated carbocycles. The van der Waals surface area contributed by atoms with Crippen molar-refractivity contribution in [1.29, 1.82) is 0 Å². The Hall–Kier alpha value is -0.620. The largest absolute Gasteiger partial charge is 0.471 e. The van der Waals surface area contributed by atoms with E-state index in [0.29, 0.717) is 13.2 Å². The van der Waals surface area contributed by atoms with Crippen LogP contribution in [-0.4, -0.2) is 23.6 Å². The minimum Gasteiger partial charge on any atom is -0.471 e. The molecule has 0 aliphatic heterocycles. The Labute approximate surface area is 160 Å². The van der Waals surface area contributed by atoms with Gasteiger partial charge in [-0.25, -0.2) is 0 Å². The molecule has 0 rings (SSSR count). The van der Waals surface area contributed by atoms with Gasteiger partial charge in [0.15, 0.2) is 0 Å². The molecule has 0 aromatic heterocycles. The second-order valence-corrected chi connectivity index (χ2v) is 6.68. The fourth-order valence-corrected chi connectivity index (χ4v) is 2.28. The topological polar surface area (TPSA) is 70.5 Å². The highest BCUT2D eigenvalue weighted by atomic mass is 32.1. The molecule has 24 heavy (non-hydrogen) atoms. The van der Waals surface area contributed by atoms with Crippen molar-refractivity contribution in [2.45, 2.75) is 90.9 Å². The van der Waals surface area contributed by atoms with E-state index in [4.69, 9.17) is 20.9 Å². The number of hydrogen-bond donors (Lipinski definition) is 2. The van der Waals surface area contributed by atoms with Gasteiger partial charge in [-0.3, -0.25) is 0 Å². The Morgan fingerprint density at radius 2 is 0.875 bits per heavy atom. The molecule has 0 atom stereocenters. The summed E-state index contributed by atoms with van der Waals surface area (Å²) in [4.78, 5) is 0. The van der Waals surface area contributed by atoms with Crippen LogP contribution in [0.15, 0.2) is 0 Å². The number of unbranched alkanes of at least 4 members (excludes halogenated alkanes) is 10. The van der Waals surface area contributed by atoms with Crippen LogP contribution >= 0.6 is 24.4 Å². The van der Waals surface area contributed by atoms with Gasteiger partial charge in [-0.05, 0) is 37.3 Å². The van der Waals surface area contributed by atoms with Gasteiger partial charge in [0.25, 0.3) is 10.3 Å². The maximum absolute atomic E-state index is 5.16. The molecule has 0 fully saturated rings. The third-order valence-corrected chi connectivity index (χ3v) is 3.72. The Bertz CT molecular complexity index is 262. The number of ether oxygens (including phenoxy) is 2. The summed E-state index contributed by atoms with van der Waals surface area (Å²) >= 11 is 9.14. The van der Waals surface area contributed by atoms with Gasteiger partial charge in [0, 0.05) is 0 Å². The fourth-order valence-electron chi connectivity index (χ4n) is 2.11. The predicted octanol–water partition coefficient (Wildman–Crippen LogP) is 5.21. The van der Waals surface area contributed by atoms with Crippen molar-refractivity contribution in [2.24, 2.45) is 11.5 Å². The number of nitrogens with two attached hydrogens (primary N) is 2. The van der Waals surface area contributed by atoms with E-state index in [1.807, 2.05) is 0 Å². The van der Waals surface area contributed by atoms with Gasteiger partial charge in [0.05, 0.1) is 13.2 Å². The predicted molar refractivity (Wildman–Crippen MR) is 112 cm³/mol. The van der Waals surface area contributed by atoms with Gasteiger partial charge in [-0.15, -0.1) is 0 Å². The first-order valence-corrected chi connectivity index (χ1v) is 10.2. The molecule has 0 aliphatic carbocycles. The third kappa shape index (κ3) is 29.4. The average molecular weight is 379 g/mol. The van der Waals surface area contributed by atoms with Crippen molar-refractivity contribution in [3.05, 3.63) is 0 Å². The molecule has 0 unspecified atom stereocenters. The zero-order valence-corrected chi connectivity index (χ0v) is 17.3. The van der Waals surface area contributed by atoms with Gasteiger partial charge < -0.3 is 20.9 Å². The Balaban J connectivity index is 0. The molecule has 0 spiro atoms. The first-order chi connectivity index (χ1) is 11.5. The van der Waals surface area contributed by atoms with Gasteiger partial charge in [-0.2, -0.15) is 0 Å². The molecule has 4 nitrogen and oxygen atoms in total. The molecule has 0 bridgehead atoms. The molecule has 0 heterocycles. The summed E-state index contributed by atoms with van der Waals surface area (Å²) in [5.74, 6) is 0. The molecule has 0 radical (unpaired) electrons. The maximum Gasteiger partial charge on any atom is 0.253 e. The summed E-state index contributed by atoms with van der Waals surface area (Å²) in [7, 11) is 0. The van der Waals surface area contributed by atoms with Crippen molar-refractivity contribution >= 4 is 34.8 Å². The van der Waals surface area contributed by atoms with Gasteiger partial charge in [0.2, 0.25) is 0 Å². The molecule has 0 saturated heterocycles. The quantitative estimate of drug-likeness (QED) is 0.319. The SMILES string of the molecule is CCCCCCCCOC(N)=S.CCCCCCCCOC(N)=S. The van der Waals surface area contributed by atoms with Crippen LogP contribution in [0.2, 0.25) is 0 Å². The summed E-state index contributed by atoms with van der Waals surface area (Å²) in [6, 6.07) is 0. The van der Waals surface area contributed by atoms with Crippen molar-refractivity contribution in [3.63, 3.8) is 0 Å². The normalized spacial score (nSPS) is 9.75. The van der Waals surface area contributed by atoms with Crippen molar-refractivity contribution in [3.8, 4) is 0 Å². The molecule has 144 valence electrons. The zero-order valence-electron chi connectivity index (χ0n) is 15.7. The lowest BCUT2D eigenvalue weighted by molar-refractivity contribution is 0.295. The average Bonchev–Trinajstić information content (AvgIpc) is 2.53. The standard InChI is InChI=1S/2C9H19NOS/c2*1-2-3-4-5-6-7-8-11-9(10)12/h2*2-8H2,1H3,(H2,10,12). The van der Waals surface area contributed by atoms with E-state index < -0.39 is 0 Å². The van der Waals surface area contributed by atoms with E-state index in [1.165, 1.54) is 64.2 Å². The summed E-state index contributed by atoms with van der Waals surface area (Å²) in [6.45, 7) is 5.80.